The SMILES string of the molecule is COc1cc2nc(C(=O)Nc3ccccc3C(=O)O)cn2cc1OC. The van der Waals surface area contributed by atoms with Gasteiger partial charge in [-0.1, -0.05) is 12.1 Å². The van der Waals surface area contributed by atoms with Gasteiger partial charge in [0.2, 0.25) is 0 Å². The number of anilines is 1. The van der Waals surface area contributed by atoms with Crippen LogP contribution in [0.4, 0.5) is 5.69 Å². The van der Waals surface area contributed by atoms with Crippen LogP contribution in [0.2, 0.25) is 0 Å². The van der Waals surface area contributed by atoms with Crippen molar-refractivity contribution in [2.24, 2.45) is 0 Å². The van der Waals surface area contributed by atoms with Gasteiger partial charge in [-0.15, -0.1) is 0 Å². The largest absolute Gasteiger partial charge is 0.493 e. The molecule has 0 aliphatic carbocycles. The first kappa shape index (κ1) is 16.3. The second-order valence-corrected chi connectivity index (χ2v) is 5.11. The minimum absolute atomic E-state index is 0.00273. The van der Waals surface area contributed by atoms with E-state index >= 15 is 0 Å². The van der Waals surface area contributed by atoms with Crippen LogP contribution in [0, 0.1) is 0 Å². The quantitative estimate of drug-likeness (QED) is 0.738. The molecule has 8 heteroatoms. The van der Waals surface area contributed by atoms with E-state index < -0.39 is 11.9 Å². The lowest BCUT2D eigenvalue weighted by molar-refractivity contribution is 0.0698. The van der Waals surface area contributed by atoms with E-state index in [0.717, 1.165) is 0 Å². The number of imidazole rings is 1. The Kier molecular flexibility index (Phi) is 4.25. The van der Waals surface area contributed by atoms with Crippen molar-refractivity contribution in [2.45, 2.75) is 0 Å². The van der Waals surface area contributed by atoms with Crippen LogP contribution in [-0.2, 0) is 0 Å². The van der Waals surface area contributed by atoms with Crippen molar-refractivity contribution in [2.75, 3.05) is 19.5 Å². The van der Waals surface area contributed by atoms with E-state index in [1.165, 1.54) is 32.5 Å². The lowest BCUT2D eigenvalue weighted by atomic mass is 10.2. The van der Waals surface area contributed by atoms with Gasteiger partial charge < -0.3 is 24.3 Å². The smallest absolute Gasteiger partial charge is 0.337 e. The van der Waals surface area contributed by atoms with Crippen molar-refractivity contribution in [1.82, 2.24) is 9.38 Å². The Morgan fingerprint density at radius 1 is 1.12 bits per heavy atom. The molecule has 128 valence electrons. The number of amides is 1. The van der Waals surface area contributed by atoms with Crippen LogP contribution in [-0.4, -0.2) is 40.6 Å². The minimum Gasteiger partial charge on any atom is -0.493 e. The number of hydrogen-bond acceptors (Lipinski definition) is 5. The molecule has 2 N–H and O–H groups in total. The maximum absolute atomic E-state index is 12.4. The summed E-state index contributed by atoms with van der Waals surface area (Å²) in [6.07, 6.45) is 3.17. The van der Waals surface area contributed by atoms with Gasteiger partial charge in [0.05, 0.1) is 31.7 Å². The summed E-state index contributed by atoms with van der Waals surface area (Å²) in [5, 5.41) is 11.7. The molecular formula is C17H15N3O5. The van der Waals surface area contributed by atoms with Crippen LogP contribution in [0.1, 0.15) is 20.8 Å². The van der Waals surface area contributed by atoms with Gasteiger partial charge in [0.15, 0.2) is 11.5 Å². The summed E-state index contributed by atoms with van der Waals surface area (Å²) < 4.78 is 12.0. The molecule has 0 atom stereocenters. The average Bonchev–Trinajstić information content (AvgIpc) is 3.03. The number of para-hydroxylation sites is 1. The zero-order valence-corrected chi connectivity index (χ0v) is 13.5. The molecule has 0 fully saturated rings. The van der Waals surface area contributed by atoms with Gasteiger partial charge in [-0.2, -0.15) is 0 Å². The van der Waals surface area contributed by atoms with E-state index in [4.69, 9.17) is 9.47 Å². The van der Waals surface area contributed by atoms with Crippen molar-refractivity contribution in [3.05, 3.63) is 54.0 Å². The van der Waals surface area contributed by atoms with Gasteiger partial charge in [-0.3, -0.25) is 4.79 Å². The highest BCUT2D eigenvalue weighted by molar-refractivity contribution is 6.07. The Hall–Kier alpha value is -3.55. The van der Waals surface area contributed by atoms with Gasteiger partial charge in [-0.25, -0.2) is 9.78 Å². The molecule has 0 saturated heterocycles. The van der Waals surface area contributed by atoms with Crippen molar-refractivity contribution < 1.29 is 24.2 Å². The summed E-state index contributed by atoms with van der Waals surface area (Å²) in [4.78, 5) is 27.9. The third kappa shape index (κ3) is 3.09. The molecule has 25 heavy (non-hydrogen) atoms. The average molecular weight is 341 g/mol. The van der Waals surface area contributed by atoms with Gasteiger partial charge in [0.25, 0.3) is 5.91 Å². The Morgan fingerprint density at radius 2 is 1.84 bits per heavy atom. The summed E-state index contributed by atoms with van der Waals surface area (Å²) in [7, 11) is 3.02. The molecule has 3 rings (SSSR count). The third-order valence-corrected chi connectivity index (χ3v) is 3.60. The Balaban J connectivity index is 1.94. The van der Waals surface area contributed by atoms with Crippen molar-refractivity contribution >= 4 is 23.2 Å². The first-order valence-corrected chi connectivity index (χ1v) is 7.28. The van der Waals surface area contributed by atoms with E-state index in [1.807, 2.05) is 0 Å². The van der Waals surface area contributed by atoms with E-state index in [0.29, 0.717) is 17.1 Å². The molecule has 0 radical (unpaired) electrons. The molecule has 2 aromatic heterocycles. The molecule has 0 aliphatic heterocycles. The molecule has 0 aliphatic rings. The first-order chi connectivity index (χ1) is 12.0. The first-order valence-electron chi connectivity index (χ1n) is 7.28. The number of carbonyl (C=O) groups is 2. The zero-order chi connectivity index (χ0) is 18.0. The summed E-state index contributed by atoms with van der Waals surface area (Å²) in [6.45, 7) is 0. The lowest BCUT2D eigenvalue weighted by Gasteiger charge is -2.06. The molecule has 8 nitrogen and oxygen atoms in total. The highest BCUT2D eigenvalue weighted by atomic mass is 16.5. The van der Waals surface area contributed by atoms with Gasteiger partial charge in [-0.05, 0) is 12.1 Å². The number of methoxy groups -OCH3 is 2. The lowest BCUT2D eigenvalue weighted by Crippen LogP contribution is -2.15. The number of nitrogens with one attached hydrogen (secondary N) is 1. The van der Waals surface area contributed by atoms with Crippen LogP contribution in [0.3, 0.4) is 0 Å². The predicted molar refractivity (Wildman–Crippen MR) is 89.7 cm³/mol. The number of carboxylic acids is 1. The fourth-order valence-corrected chi connectivity index (χ4v) is 2.38. The normalized spacial score (nSPS) is 10.5. The van der Waals surface area contributed by atoms with Crippen molar-refractivity contribution in [3.8, 4) is 11.5 Å². The van der Waals surface area contributed by atoms with Crippen LogP contribution in [0.25, 0.3) is 5.65 Å². The number of carbonyl (C=O) groups excluding carboxylic acids is 1. The van der Waals surface area contributed by atoms with Gasteiger partial charge >= 0.3 is 5.97 Å². The number of carboxylic acid groups (broad SMARTS) is 1. The number of hydrogen-bond donors (Lipinski definition) is 2. The molecule has 2 heterocycles. The van der Waals surface area contributed by atoms with E-state index in [1.54, 1.807) is 28.8 Å². The summed E-state index contributed by atoms with van der Waals surface area (Å²) in [5.41, 5.74) is 0.833. The fraction of sp³-hybridized carbons (Fsp3) is 0.118. The number of aromatic nitrogens is 2. The standard InChI is InChI=1S/C17H15N3O5/c1-24-13-7-15-18-12(8-20(15)9-14(13)25-2)16(21)19-11-6-4-3-5-10(11)17(22)23/h3-9H,1-2H3,(H,19,21)(H,22,23). The van der Waals surface area contributed by atoms with Crippen LogP contribution >= 0.6 is 0 Å². The van der Waals surface area contributed by atoms with Crippen LogP contribution < -0.4 is 14.8 Å². The summed E-state index contributed by atoms with van der Waals surface area (Å²) in [6, 6.07) is 7.80. The maximum Gasteiger partial charge on any atom is 0.337 e. The minimum atomic E-state index is -1.12. The summed E-state index contributed by atoms with van der Waals surface area (Å²) >= 11 is 0. The molecule has 1 aromatic carbocycles. The number of ether oxygens (including phenoxy) is 2. The van der Waals surface area contributed by atoms with Crippen molar-refractivity contribution in [1.29, 1.82) is 0 Å². The molecule has 1 amide bonds. The highest BCUT2D eigenvalue weighted by Gasteiger charge is 2.16. The topological polar surface area (TPSA) is 102 Å². The molecule has 0 bridgehead atoms. The summed E-state index contributed by atoms with van der Waals surface area (Å²) in [5.74, 6) is -0.657. The highest BCUT2D eigenvalue weighted by Crippen LogP contribution is 2.28. The van der Waals surface area contributed by atoms with E-state index in [9.17, 15) is 14.7 Å². The van der Waals surface area contributed by atoms with Gasteiger partial charge in [0, 0.05) is 12.3 Å². The number of nitrogens with zero attached hydrogens (tertiary/aromatic N) is 2. The Morgan fingerprint density at radius 3 is 2.52 bits per heavy atom. The molecule has 3 aromatic rings. The number of pyridine rings is 1. The van der Waals surface area contributed by atoms with E-state index in [2.05, 4.69) is 10.3 Å². The monoisotopic (exact) mass is 341 g/mol. The zero-order valence-electron chi connectivity index (χ0n) is 13.5. The second-order valence-electron chi connectivity index (χ2n) is 5.11. The van der Waals surface area contributed by atoms with Crippen LogP contribution in [0.5, 0.6) is 11.5 Å². The number of aromatic carboxylic acids is 1. The van der Waals surface area contributed by atoms with E-state index in [-0.39, 0.29) is 16.9 Å². The number of rotatable bonds is 5. The molecule has 0 unspecified atom stereocenters. The number of benzene rings is 1. The Labute approximate surface area is 142 Å². The predicted octanol–water partition coefficient (Wildman–Crippen LogP) is 2.30. The molecular weight excluding hydrogens is 326 g/mol. The van der Waals surface area contributed by atoms with Crippen molar-refractivity contribution in [3.63, 3.8) is 0 Å². The third-order valence-electron chi connectivity index (χ3n) is 3.60. The number of fused-ring (bicyclic) bond motifs is 1. The Bertz CT molecular complexity index is 923. The maximum atomic E-state index is 12.4. The van der Waals surface area contributed by atoms with Crippen LogP contribution in [0.15, 0.2) is 42.7 Å². The second kappa shape index (κ2) is 6.52. The molecule has 0 spiro atoms. The van der Waals surface area contributed by atoms with Gasteiger partial charge in [0.1, 0.15) is 11.3 Å². The molecule has 0 saturated carbocycles. The fourth-order valence-electron chi connectivity index (χ4n) is 2.38.